The van der Waals surface area contributed by atoms with Crippen LogP contribution in [0.2, 0.25) is 0 Å². The SMILES string of the molecule is COc1ccccc1Cn1nc(-c2cc(C)cc(C)c2OCC(=O)O)cc1-c1ccccc1OC. The van der Waals surface area contributed by atoms with Gasteiger partial charge in [-0.2, -0.15) is 5.10 Å². The molecule has 0 aliphatic carbocycles. The summed E-state index contributed by atoms with van der Waals surface area (Å²) in [5.74, 6) is 0.967. The average molecular weight is 473 g/mol. The number of carboxylic acids is 1. The van der Waals surface area contributed by atoms with Gasteiger partial charge in [-0.15, -0.1) is 0 Å². The lowest BCUT2D eigenvalue weighted by molar-refractivity contribution is -0.139. The lowest BCUT2D eigenvalue weighted by atomic mass is 10.0. The molecule has 4 rings (SSSR count). The van der Waals surface area contributed by atoms with E-state index in [0.29, 0.717) is 18.0 Å². The zero-order valence-corrected chi connectivity index (χ0v) is 20.2. The fraction of sp³-hybridized carbons (Fsp3) is 0.214. The van der Waals surface area contributed by atoms with E-state index >= 15 is 0 Å². The van der Waals surface area contributed by atoms with Gasteiger partial charge in [0.05, 0.1) is 32.2 Å². The number of carboxylic acid groups (broad SMARTS) is 1. The minimum absolute atomic E-state index is 0.432. The van der Waals surface area contributed by atoms with Crippen molar-refractivity contribution in [1.29, 1.82) is 0 Å². The third-order valence-electron chi connectivity index (χ3n) is 5.71. The number of rotatable bonds is 9. The maximum absolute atomic E-state index is 11.2. The summed E-state index contributed by atoms with van der Waals surface area (Å²) in [5, 5.41) is 14.1. The molecule has 0 amide bonds. The molecule has 0 atom stereocenters. The number of aliphatic carboxylic acids is 1. The van der Waals surface area contributed by atoms with Gasteiger partial charge in [0.1, 0.15) is 17.2 Å². The van der Waals surface area contributed by atoms with Crippen molar-refractivity contribution in [2.75, 3.05) is 20.8 Å². The van der Waals surface area contributed by atoms with E-state index in [0.717, 1.165) is 45.0 Å². The number of hydrogen-bond acceptors (Lipinski definition) is 5. The van der Waals surface area contributed by atoms with Crippen molar-refractivity contribution in [3.8, 4) is 39.8 Å². The Morgan fingerprint density at radius 1 is 0.914 bits per heavy atom. The van der Waals surface area contributed by atoms with Gasteiger partial charge < -0.3 is 19.3 Å². The molecule has 1 aromatic heterocycles. The maximum Gasteiger partial charge on any atom is 0.341 e. The van der Waals surface area contributed by atoms with Crippen LogP contribution in [0, 0.1) is 13.8 Å². The summed E-state index contributed by atoms with van der Waals surface area (Å²) in [6.45, 7) is 3.93. The summed E-state index contributed by atoms with van der Waals surface area (Å²) >= 11 is 0. The van der Waals surface area contributed by atoms with Crippen LogP contribution in [0.1, 0.15) is 16.7 Å². The van der Waals surface area contributed by atoms with E-state index in [9.17, 15) is 9.90 Å². The van der Waals surface area contributed by atoms with E-state index in [1.807, 2.05) is 85.3 Å². The van der Waals surface area contributed by atoms with Crippen LogP contribution in [0.3, 0.4) is 0 Å². The minimum Gasteiger partial charge on any atom is -0.496 e. The summed E-state index contributed by atoms with van der Waals surface area (Å²) in [6, 6.07) is 21.5. The summed E-state index contributed by atoms with van der Waals surface area (Å²) in [6.07, 6.45) is 0. The van der Waals surface area contributed by atoms with Gasteiger partial charge >= 0.3 is 5.97 Å². The molecule has 0 spiro atoms. The molecule has 1 N–H and O–H groups in total. The number of carbonyl (C=O) groups is 1. The molecule has 0 unspecified atom stereocenters. The predicted molar refractivity (Wildman–Crippen MR) is 134 cm³/mol. The first kappa shape index (κ1) is 23.9. The van der Waals surface area contributed by atoms with Crippen LogP contribution in [0.5, 0.6) is 17.2 Å². The number of aryl methyl sites for hydroxylation is 2. The average Bonchev–Trinajstić information content (AvgIpc) is 3.26. The van der Waals surface area contributed by atoms with Crippen molar-refractivity contribution in [3.63, 3.8) is 0 Å². The minimum atomic E-state index is -1.03. The number of nitrogens with zero attached hydrogens (tertiary/aromatic N) is 2. The molecule has 0 aliphatic heterocycles. The lowest BCUT2D eigenvalue weighted by Crippen LogP contribution is -2.11. The number of hydrogen-bond donors (Lipinski definition) is 1. The first-order chi connectivity index (χ1) is 16.9. The zero-order chi connectivity index (χ0) is 24.9. The van der Waals surface area contributed by atoms with E-state index in [4.69, 9.17) is 19.3 Å². The van der Waals surface area contributed by atoms with E-state index in [-0.39, 0.29) is 0 Å². The largest absolute Gasteiger partial charge is 0.496 e. The highest BCUT2D eigenvalue weighted by molar-refractivity contribution is 5.77. The van der Waals surface area contributed by atoms with Crippen molar-refractivity contribution < 1.29 is 24.1 Å². The van der Waals surface area contributed by atoms with Gasteiger partial charge in [0.2, 0.25) is 0 Å². The molecule has 7 nitrogen and oxygen atoms in total. The van der Waals surface area contributed by atoms with E-state index in [2.05, 4.69) is 0 Å². The molecule has 0 saturated carbocycles. The number of ether oxygens (including phenoxy) is 3. The van der Waals surface area contributed by atoms with Crippen LogP contribution >= 0.6 is 0 Å². The Kier molecular flexibility index (Phi) is 7.06. The first-order valence-corrected chi connectivity index (χ1v) is 11.2. The smallest absolute Gasteiger partial charge is 0.341 e. The van der Waals surface area contributed by atoms with Gasteiger partial charge in [-0.1, -0.05) is 36.4 Å². The quantitative estimate of drug-likeness (QED) is 0.353. The molecule has 35 heavy (non-hydrogen) atoms. The van der Waals surface area contributed by atoms with Crippen molar-refractivity contribution in [1.82, 2.24) is 9.78 Å². The summed E-state index contributed by atoms with van der Waals surface area (Å²) in [4.78, 5) is 11.2. The van der Waals surface area contributed by atoms with Crippen LogP contribution in [0.4, 0.5) is 0 Å². The highest BCUT2D eigenvalue weighted by atomic mass is 16.5. The Bertz CT molecular complexity index is 1360. The number of methoxy groups -OCH3 is 2. The van der Waals surface area contributed by atoms with Crippen LogP contribution in [0.15, 0.2) is 66.7 Å². The molecule has 0 saturated heterocycles. The van der Waals surface area contributed by atoms with E-state index < -0.39 is 12.6 Å². The zero-order valence-electron chi connectivity index (χ0n) is 20.2. The van der Waals surface area contributed by atoms with Crippen molar-refractivity contribution in [2.24, 2.45) is 0 Å². The van der Waals surface area contributed by atoms with Crippen LogP contribution in [-0.4, -0.2) is 41.7 Å². The second-order valence-electron chi connectivity index (χ2n) is 8.23. The van der Waals surface area contributed by atoms with Gasteiger partial charge in [0, 0.05) is 16.7 Å². The Balaban J connectivity index is 1.90. The molecule has 0 radical (unpaired) electrons. The molecule has 0 bridgehead atoms. The second kappa shape index (κ2) is 10.3. The molecular weight excluding hydrogens is 444 g/mol. The highest BCUT2D eigenvalue weighted by Gasteiger charge is 2.20. The normalized spacial score (nSPS) is 10.7. The third-order valence-corrected chi connectivity index (χ3v) is 5.71. The Labute approximate surface area is 204 Å². The number of para-hydroxylation sites is 2. The predicted octanol–water partition coefficient (Wildman–Crippen LogP) is 5.36. The molecular formula is C28H28N2O5. The first-order valence-electron chi connectivity index (χ1n) is 11.2. The van der Waals surface area contributed by atoms with E-state index in [1.165, 1.54) is 0 Å². The summed E-state index contributed by atoms with van der Waals surface area (Å²) in [5.41, 5.74) is 6.00. The van der Waals surface area contributed by atoms with Gasteiger partial charge in [0.25, 0.3) is 0 Å². The monoisotopic (exact) mass is 472 g/mol. The van der Waals surface area contributed by atoms with Gasteiger partial charge in [-0.25, -0.2) is 4.79 Å². The Hall–Kier alpha value is -4.26. The number of aromatic nitrogens is 2. The van der Waals surface area contributed by atoms with Gasteiger partial charge in [-0.3, -0.25) is 4.68 Å². The fourth-order valence-corrected chi connectivity index (χ4v) is 4.21. The molecule has 1 heterocycles. The van der Waals surface area contributed by atoms with Crippen molar-refractivity contribution in [3.05, 3.63) is 83.4 Å². The van der Waals surface area contributed by atoms with Crippen LogP contribution < -0.4 is 14.2 Å². The molecule has 4 aromatic rings. The maximum atomic E-state index is 11.2. The summed E-state index contributed by atoms with van der Waals surface area (Å²) in [7, 11) is 3.29. The molecule has 180 valence electrons. The molecule has 0 aliphatic rings. The lowest BCUT2D eigenvalue weighted by Gasteiger charge is -2.13. The molecule has 3 aromatic carbocycles. The van der Waals surface area contributed by atoms with Crippen molar-refractivity contribution >= 4 is 5.97 Å². The molecule has 0 fully saturated rings. The fourth-order valence-electron chi connectivity index (χ4n) is 4.21. The standard InChI is InChI=1S/C28H28N2O5/c1-18-13-19(2)28(35-17-27(31)32)22(14-18)23-15-24(21-10-6-8-12-26(21)34-4)30(29-23)16-20-9-5-7-11-25(20)33-3/h5-15H,16-17H2,1-4H3,(H,31,32). The van der Waals surface area contributed by atoms with Crippen LogP contribution in [-0.2, 0) is 11.3 Å². The van der Waals surface area contributed by atoms with Gasteiger partial charge in [-0.05, 0) is 55.3 Å². The van der Waals surface area contributed by atoms with Crippen molar-refractivity contribution in [2.45, 2.75) is 20.4 Å². The molecule has 7 heteroatoms. The topological polar surface area (TPSA) is 82.8 Å². The highest BCUT2D eigenvalue weighted by Crippen LogP contribution is 2.38. The number of benzene rings is 3. The Morgan fingerprint density at radius 2 is 1.60 bits per heavy atom. The van der Waals surface area contributed by atoms with Crippen LogP contribution in [0.25, 0.3) is 22.5 Å². The van der Waals surface area contributed by atoms with Gasteiger partial charge in [0.15, 0.2) is 6.61 Å². The second-order valence-corrected chi connectivity index (χ2v) is 8.23. The summed E-state index contributed by atoms with van der Waals surface area (Å²) < 4.78 is 18.8. The Morgan fingerprint density at radius 3 is 2.31 bits per heavy atom. The third kappa shape index (κ3) is 5.14. The van der Waals surface area contributed by atoms with E-state index in [1.54, 1.807) is 14.2 Å².